The minimum atomic E-state index is -0.920. The number of likely N-dealkylation sites (tertiary alicyclic amines) is 1. The number of aromatic nitrogens is 2. The Labute approximate surface area is 433 Å². The molecule has 15 nitrogen and oxygen atoms in total. The number of rotatable bonds is 21. The van der Waals surface area contributed by atoms with E-state index in [2.05, 4.69) is 64.8 Å². The van der Waals surface area contributed by atoms with E-state index in [1.807, 2.05) is 77.4 Å². The summed E-state index contributed by atoms with van der Waals surface area (Å²) in [5.74, 6) is -0.733. The van der Waals surface area contributed by atoms with Gasteiger partial charge in [0.1, 0.15) is 42.3 Å². The van der Waals surface area contributed by atoms with Gasteiger partial charge in [-0.1, -0.05) is 95.6 Å². The van der Waals surface area contributed by atoms with Crippen LogP contribution in [0.5, 0.6) is 5.75 Å². The van der Waals surface area contributed by atoms with Crippen LogP contribution < -0.4 is 20.7 Å². The number of hydrogen-bond acceptors (Lipinski definition) is 12. The highest BCUT2D eigenvalue weighted by Gasteiger charge is 2.64. The SMILES string of the molecule is CCO/N=C(\CCCCC(=O)N[C@H](C(=O)N1C[C@H](O)CC1C(=O)N[C@@H](C)c1ccc(-c2scnc2C)cc1)C(C)(C)C)CCCc1ccc(C(=O)NC2C(C)(C)C(Oc3ccc(C#N)c(Cl)c3)C2(C)C)nc1. The summed E-state index contributed by atoms with van der Waals surface area (Å²) in [5.41, 5.74) is 5.80. The van der Waals surface area contributed by atoms with Crippen LogP contribution in [-0.4, -0.2) is 92.8 Å². The van der Waals surface area contributed by atoms with Crippen LogP contribution in [0.2, 0.25) is 5.02 Å². The molecule has 0 radical (unpaired) electrons. The molecule has 4 N–H and O–H groups in total. The van der Waals surface area contributed by atoms with Gasteiger partial charge < -0.3 is 35.5 Å². The number of nitrogens with zero attached hydrogens (tertiary/aromatic N) is 5. The highest BCUT2D eigenvalue weighted by atomic mass is 35.5. The van der Waals surface area contributed by atoms with Gasteiger partial charge in [-0.25, -0.2) is 4.98 Å². The predicted octanol–water partition coefficient (Wildman–Crippen LogP) is 9.30. The molecule has 0 bridgehead atoms. The topological polar surface area (TPSA) is 208 Å². The summed E-state index contributed by atoms with van der Waals surface area (Å²) < 4.78 is 6.37. The van der Waals surface area contributed by atoms with E-state index in [-0.39, 0.29) is 55.3 Å². The number of benzene rings is 2. The number of aryl methyl sites for hydroxylation is 2. The van der Waals surface area contributed by atoms with E-state index in [1.165, 1.54) is 4.90 Å². The van der Waals surface area contributed by atoms with Gasteiger partial charge >= 0.3 is 0 Å². The average Bonchev–Trinajstić information content (AvgIpc) is 3.96. The maximum absolute atomic E-state index is 14.2. The number of carbonyl (C=O) groups is 4. The van der Waals surface area contributed by atoms with E-state index in [4.69, 9.17) is 21.2 Å². The molecule has 1 aliphatic heterocycles. The Balaban J connectivity index is 0.945. The van der Waals surface area contributed by atoms with E-state index >= 15 is 0 Å². The lowest BCUT2D eigenvalue weighted by molar-refractivity contribution is -0.164. The minimum absolute atomic E-state index is 0.00644. The van der Waals surface area contributed by atoms with Crippen LogP contribution >= 0.6 is 22.9 Å². The van der Waals surface area contributed by atoms with E-state index in [1.54, 1.807) is 41.8 Å². The Morgan fingerprint density at radius 2 is 1.68 bits per heavy atom. The van der Waals surface area contributed by atoms with E-state index in [0.29, 0.717) is 60.7 Å². The first kappa shape index (κ1) is 55.4. The summed E-state index contributed by atoms with van der Waals surface area (Å²) >= 11 is 7.83. The fourth-order valence-corrected chi connectivity index (χ4v) is 11.3. The van der Waals surface area contributed by atoms with Crippen molar-refractivity contribution in [1.29, 1.82) is 5.26 Å². The van der Waals surface area contributed by atoms with Crippen molar-refractivity contribution in [3.63, 3.8) is 0 Å². The van der Waals surface area contributed by atoms with Gasteiger partial charge in [0.2, 0.25) is 17.7 Å². The third-order valence-electron chi connectivity index (χ3n) is 13.9. The highest BCUT2D eigenvalue weighted by molar-refractivity contribution is 7.13. The molecule has 0 spiro atoms. The zero-order valence-corrected chi connectivity index (χ0v) is 44.9. The number of thiazole rings is 1. The van der Waals surface area contributed by atoms with E-state index in [9.17, 15) is 29.5 Å². The first-order valence-corrected chi connectivity index (χ1v) is 26.2. The van der Waals surface area contributed by atoms with Gasteiger partial charge in [-0.2, -0.15) is 5.26 Å². The molecule has 1 aliphatic carbocycles. The summed E-state index contributed by atoms with van der Waals surface area (Å²) in [5, 5.41) is 33.9. The molecule has 2 aromatic heterocycles. The number of hydrogen-bond donors (Lipinski definition) is 4. The molecule has 3 heterocycles. The molecule has 1 saturated heterocycles. The quantitative estimate of drug-likeness (QED) is 0.0353. The average molecular weight is 1020 g/mol. The molecule has 72 heavy (non-hydrogen) atoms. The number of aliphatic hydroxyl groups excluding tert-OH is 1. The van der Waals surface area contributed by atoms with Crippen LogP contribution in [0.1, 0.15) is 146 Å². The smallest absolute Gasteiger partial charge is 0.270 e. The van der Waals surface area contributed by atoms with Crippen molar-refractivity contribution in [3.05, 3.63) is 99.4 Å². The molecule has 2 aliphatic rings. The van der Waals surface area contributed by atoms with Crippen molar-refractivity contribution < 1.29 is 33.9 Å². The molecule has 6 rings (SSSR count). The third-order valence-corrected chi connectivity index (χ3v) is 15.2. The minimum Gasteiger partial charge on any atom is -0.489 e. The van der Waals surface area contributed by atoms with Crippen LogP contribution in [-0.2, 0) is 25.6 Å². The number of nitriles is 1. The fourth-order valence-electron chi connectivity index (χ4n) is 10.2. The number of ether oxygens (including phenoxy) is 1. The van der Waals surface area contributed by atoms with Crippen molar-refractivity contribution in [2.75, 3.05) is 13.2 Å². The standard InChI is InChI=1S/C55H71ClN8O7S/c1-11-70-63-39(17-14-15-35-19-26-43(58-30-35)48(67)62-51-54(7,8)52(55(51,9)10)71-41-25-24-38(29-57)42(56)28-41)16-12-13-18-45(66)61-47(53(4,5)6)50(69)64-31-40(65)27-44(64)49(68)60-33(2)36-20-22-37(23-21-36)46-34(3)59-32-72-46/h19-26,28,30,32-33,40,44,47,51-52,65H,11-18,27,31H2,1-10H3,(H,60,68)(H,61,66)(H,62,67)/b63-39+/t33-,40+,44?,47+,51?,52?/m0/s1. The van der Waals surface area contributed by atoms with Gasteiger partial charge in [-0.05, 0) is 99.6 Å². The lowest BCUT2D eigenvalue weighted by atomic mass is 9.49. The summed E-state index contributed by atoms with van der Waals surface area (Å²) in [7, 11) is 0. The molecule has 17 heteroatoms. The summed E-state index contributed by atoms with van der Waals surface area (Å²) in [6, 6.07) is 16.3. The molecule has 4 atom stereocenters. The maximum atomic E-state index is 14.2. The van der Waals surface area contributed by atoms with Gasteiger partial charge in [-0.15, -0.1) is 11.3 Å². The lowest BCUT2D eigenvalue weighted by Gasteiger charge is -2.63. The number of aliphatic hydroxyl groups is 1. The van der Waals surface area contributed by atoms with Gasteiger partial charge in [0.25, 0.3) is 5.91 Å². The predicted molar refractivity (Wildman–Crippen MR) is 280 cm³/mol. The van der Waals surface area contributed by atoms with Crippen molar-refractivity contribution in [3.8, 4) is 22.3 Å². The van der Waals surface area contributed by atoms with Gasteiger partial charge in [0.05, 0.1) is 44.5 Å². The third kappa shape index (κ3) is 13.4. The van der Waals surface area contributed by atoms with Crippen LogP contribution in [0.15, 0.2) is 71.5 Å². The molecular weight excluding hydrogens is 952 g/mol. The first-order chi connectivity index (χ1) is 34.0. The number of pyridine rings is 1. The number of amides is 4. The Hall–Kier alpha value is -5.89. The molecule has 1 saturated carbocycles. The number of unbranched alkanes of at least 4 members (excludes halogenated alkanes) is 1. The Morgan fingerprint density at radius 1 is 0.986 bits per heavy atom. The summed E-state index contributed by atoms with van der Waals surface area (Å²) in [4.78, 5) is 71.6. The maximum Gasteiger partial charge on any atom is 0.270 e. The largest absolute Gasteiger partial charge is 0.489 e. The van der Waals surface area contributed by atoms with Crippen LogP contribution in [0.25, 0.3) is 10.4 Å². The number of oxime groups is 1. The second-order valence-corrected chi connectivity index (χ2v) is 22.6. The Morgan fingerprint density at radius 3 is 2.29 bits per heavy atom. The van der Waals surface area contributed by atoms with Crippen molar-refractivity contribution in [1.82, 2.24) is 30.8 Å². The Kier molecular flexibility index (Phi) is 18.3. The monoisotopic (exact) mass is 1020 g/mol. The molecular formula is C55H71ClN8O7S. The zero-order valence-electron chi connectivity index (χ0n) is 43.3. The Bertz CT molecular complexity index is 2600. The molecule has 1 unspecified atom stereocenters. The van der Waals surface area contributed by atoms with Gasteiger partial charge in [-0.3, -0.25) is 24.2 Å². The van der Waals surface area contributed by atoms with Crippen LogP contribution in [0.3, 0.4) is 0 Å². The number of nitrogens with one attached hydrogen (secondary N) is 3. The molecule has 2 aromatic carbocycles. The fraction of sp³-hybridized carbons (Fsp3) is 0.527. The normalized spacial score (nSPS) is 20.1. The number of β-amino-alcohol motifs (C(OH)–C–C–N with tert-alkyl or cyclic N) is 1. The van der Waals surface area contributed by atoms with Crippen LogP contribution in [0.4, 0.5) is 0 Å². The number of carbonyl (C=O) groups excluding carboxylic acids is 4. The lowest BCUT2D eigenvalue weighted by Crippen LogP contribution is -2.74. The zero-order chi connectivity index (χ0) is 52.5. The molecule has 2 fully saturated rings. The van der Waals surface area contributed by atoms with Crippen LogP contribution in [0, 0.1) is 34.5 Å². The van der Waals surface area contributed by atoms with Crippen molar-refractivity contribution in [2.45, 2.75) is 157 Å². The van der Waals surface area contributed by atoms with Crippen molar-refractivity contribution in [2.24, 2.45) is 21.4 Å². The highest BCUT2D eigenvalue weighted by Crippen LogP contribution is 2.55. The molecule has 4 aromatic rings. The van der Waals surface area contributed by atoms with E-state index < -0.39 is 40.3 Å². The first-order valence-electron chi connectivity index (χ1n) is 24.9. The molecule has 386 valence electrons. The van der Waals surface area contributed by atoms with Gasteiger partial charge in [0, 0.05) is 48.5 Å². The second-order valence-electron chi connectivity index (χ2n) is 21.4. The van der Waals surface area contributed by atoms with Gasteiger partial charge in [0.15, 0.2) is 0 Å². The second kappa shape index (κ2) is 23.8. The summed E-state index contributed by atoms with van der Waals surface area (Å²) in [6.45, 7) is 20.0. The molecule has 4 amide bonds. The summed E-state index contributed by atoms with van der Waals surface area (Å²) in [6.07, 6.45) is 4.94. The van der Waals surface area contributed by atoms with Crippen molar-refractivity contribution >= 4 is 52.3 Å². The number of halogens is 1. The van der Waals surface area contributed by atoms with E-state index in [0.717, 1.165) is 39.4 Å².